The molecule has 1 aliphatic heterocycles. The Balaban J connectivity index is 1.30. The molecule has 1 aromatic heterocycles. The van der Waals surface area contributed by atoms with Gasteiger partial charge in [0.2, 0.25) is 0 Å². The van der Waals surface area contributed by atoms with E-state index in [2.05, 4.69) is 26.9 Å². The summed E-state index contributed by atoms with van der Waals surface area (Å²) >= 11 is 0. The Labute approximate surface area is 165 Å². The van der Waals surface area contributed by atoms with Crippen LogP contribution in [0, 0.1) is 0 Å². The fourth-order valence-corrected chi connectivity index (χ4v) is 5.09. The summed E-state index contributed by atoms with van der Waals surface area (Å²) < 4.78 is 1.85. The van der Waals surface area contributed by atoms with Crippen LogP contribution in [0.1, 0.15) is 51.0 Å². The second-order valence-corrected chi connectivity index (χ2v) is 8.94. The van der Waals surface area contributed by atoms with Crippen LogP contribution in [0.3, 0.4) is 0 Å². The topological polar surface area (TPSA) is 61.6 Å². The lowest BCUT2D eigenvalue weighted by molar-refractivity contribution is -0.0594. The molecular formula is C22H30N4O2. The second-order valence-electron chi connectivity index (χ2n) is 8.94. The molecule has 6 nitrogen and oxygen atoms in total. The van der Waals surface area contributed by atoms with E-state index < -0.39 is 5.60 Å². The van der Waals surface area contributed by atoms with Gasteiger partial charge in [0.25, 0.3) is 5.56 Å². The summed E-state index contributed by atoms with van der Waals surface area (Å²) in [6, 6.07) is 6.40. The summed E-state index contributed by atoms with van der Waals surface area (Å²) in [5.41, 5.74) is 1.60. The normalized spacial score (nSPS) is 23.2. The van der Waals surface area contributed by atoms with Crippen LogP contribution in [0.15, 0.2) is 29.3 Å². The number of rotatable bonds is 4. The molecule has 1 saturated heterocycles. The second kappa shape index (κ2) is 7.16. The third-order valence-corrected chi connectivity index (χ3v) is 7.03. The molecule has 1 N–H and O–H groups in total. The molecule has 0 atom stereocenters. The largest absolute Gasteiger partial charge is 0.389 e. The van der Waals surface area contributed by atoms with Gasteiger partial charge in [-0.15, -0.1) is 0 Å². The van der Waals surface area contributed by atoms with Crippen LogP contribution in [0.2, 0.25) is 0 Å². The fourth-order valence-electron chi connectivity index (χ4n) is 5.09. The molecule has 150 valence electrons. The summed E-state index contributed by atoms with van der Waals surface area (Å²) in [4.78, 5) is 22.3. The van der Waals surface area contributed by atoms with Crippen molar-refractivity contribution in [1.29, 1.82) is 0 Å². The van der Waals surface area contributed by atoms with Gasteiger partial charge in [-0.05, 0) is 50.3 Å². The van der Waals surface area contributed by atoms with E-state index in [0.717, 1.165) is 81.4 Å². The molecule has 3 aliphatic rings. The zero-order chi connectivity index (χ0) is 19.1. The number of aliphatic hydroxyl groups is 1. The lowest BCUT2D eigenvalue weighted by atomic mass is 9.80. The minimum atomic E-state index is -0.436. The summed E-state index contributed by atoms with van der Waals surface area (Å²) in [6.07, 6.45) is 9.39. The highest BCUT2D eigenvalue weighted by Gasteiger charge is 2.36. The SMILES string of the molecule is O=c1c2ccc(N3CCN(CC4(O)CCC4)CC3)cc2ncn1C1CCCC1. The lowest BCUT2D eigenvalue weighted by Crippen LogP contribution is -2.54. The number of hydrogen-bond donors (Lipinski definition) is 1. The Bertz CT molecular complexity index is 906. The van der Waals surface area contributed by atoms with Gasteiger partial charge in [0, 0.05) is 44.5 Å². The van der Waals surface area contributed by atoms with Crippen LogP contribution in [0.5, 0.6) is 0 Å². The number of anilines is 1. The van der Waals surface area contributed by atoms with Crippen LogP contribution in [-0.2, 0) is 0 Å². The Morgan fingerprint density at radius 1 is 1.07 bits per heavy atom. The summed E-state index contributed by atoms with van der Waals surface area (Å²) in [5, 5.41) is 11.1. The molecule has 0 bridgehead atoms. The van der Waals surface area contributed by atoms with Gasteiger partial charge in [-0.3, -0.25) is 14.3 Å². The first-order chi connectivity index (χ1) is 13.6. The van der Waals surface area contributed by atoms with Crippen molar-refractivity contribution in [2.75, 3.05) is 37.6 Å². The summed E-state index contributed by atoms with van der Waals surface area (Å²) in [5.74, 6) is 0. The van der Waals surface area contributed by atoms with Crippen molar-refractivity contribution in [2.45, 2.75) is 56.6 Å². The van der Waals surface area contributed by atoms with Gasteiger partial charge in [-0.1, -0.05) is 12.8 Å². The maximum absolute atomic E-state index is 12.9. The number of piperazine rings is 1. The molecule has 2 aliphatic carbocycles. The monoisotopic (exact) mass is 382 g/mol. The highest BCUT2D eigenvalue weighted by molar-refractivity contribution is 5.81. The van der Waals surface area contributed by atoms with Crippen molar-refractivity contribution < 1.29 is 5.11 Å². The van der Waals surface area contributed by atoms with Crippen LogP contribution < -0.4 is 10.5 Å². The average molecular weight is 383 g/mol. The quantitative estimate of drug-likeness (QED) is 0.881. The number of β-amino-alcohol motifs (C(OH)–C–C–N with tert-alkyl or cyclic N) is 1. The third kappa shape index (κ3) is 3.33. The van der Waals surface area contributed by atoms with E-state index in [1.165, 1.54) is 12.8 Å². The van der Waals surface area contributed by atoms with E-state index in [9.17, 15) is 9.90 Å². The van der Waals surface area contributed by atoms with Gasteiger partial charge in [0.1, 0.15) is 0 Å². The summed E-state index contributed by atoms with van der Waals surface area (Å²) in [7, 11) is 0. The zero-order valence-electron chi connectivity index (χ0n) is 16.5. The predicted molar refractivity (Wildman–Crippen MR) is 111 cm³/mol. The standard InChI is InChI=1S/C22H30N4O2/c27-21-19-7-6-18(14-20(19)23-16-26(21)17-4-1-2-5-17)25-12-10-24(11-13-25)15-22(28)8-3-9-22/h6-7,14,16-17,28H,1-5,8-13,15H2. The number of benzene rings is 1. The van der Waals surface area contributed by atoms with Gasteiger partial charge in [-0.2, -0.15) is 0 Å². The van der Waals surface area contributed by atoms with Gasteiger partial charge < -0.3 is 10.0 Å². The van der Waals surface area contributed by atoms with Crippen molar-refractivity contribution in [1.82, 2.24) is 14.5 Å². The van der Waals surface area contributed by atoms with E-state index in [4.69, 9.17) is 0 Å². The molecule has 0 spiro atoms. The van der Waals surface area contributed by atoms with Crippen molar-refractivity contribution in [3.05, 3.63) is 34.9 Å². The van der Waals surface area contributed by atoms with E-state index in [1.807, 2.05) is 10.6 Å². The molecule has 3 fully saturated rings. The lowest BCUT2D eigenvalue weighted by Gasteiger charge is -2.44. The van der Waals surface area contributed by atoms with Gasteiger partial charge >= 0.3 is 0 Å². The molecule has 0 radical (unpaired) electrons. The van der Waals surface area contributed by atoms with E-state index >= 15 is 0 Å². The van der Waals surface area contributed by atoms with Crippen LogP contribution in [0.4, 0.5) is 5.69 Å². The van der Waals surface area contributed by atoms with Gasteiger partial charge in [-0.25, -0.2) is 4.98 Å². The Morgan fingerprint density at radius 2 is 1.82 bits per heavy atom. The smallest absolute Gasteiger partial charge is 0.261 e. The highest BCUT2D eigenvalue weighted by Crippen LogP contribution is 2.33. The number of aromatic nitrogens is 2. The van der Waals surface area contributed by atoms with Crippen LogP contribution in [-0.4, -0.2) is 57.9 Å². The third-order valence-electron chi connectivity index (χ3n) is 7.03. The number of nitrogens with zero attached hydrogens (tertiary/aromatic N) is 4. The molecule has 5 rings (SSSR count). The molecule has 1 aromatic carbocycles. The predicted octanol–water partition coefficient (Wildman–Crippen LogP) is 2.55. The first-order valence-electron chi connectivity index (χ1n) is 10.8. The van der Waals surface area contributed by atoms with Gasteiger partial charge in [0.05, 0.1) is 22.8 Å². The minimum absolute atomic E-state index is 0.0991. The highest BCUT2D eigenvalue weighted by atomic mass is 16.3. The molecule has 2 heterocycles. The maximum atomic E-state index is 12.9. The molecule has 28 heavy (non-hydrogen) atoms. The molecule has 0 unspecified atom stereocenters. The minimum Gasteiger partial charge on any atom is -0.389 e. The molecule has 0 amide bonds. The first kappa shape index (κ1) is 18.1. The molecular weight excluding hydrogens is 352 g/mol. The van der Waals surface area contributed by atoms with E-state index in [-0.39, 0.29) is 5.56 Å². The first-order valence-corrected chi connectivity index (χ1v) is 10.8. The summed E-state index contributed by atoms with van der Waals surface area (Å²) in [6.45, 7) is 4.64. The van der Waals surface area contributed by atoms with Crippen molar-refractivity contribution in [3.8, 4) is 0 Å². The van der Waals surface area contributed by atoms with E-state index in [0.29, 0.717) is 6.04 Å². The number of hydrogen-bond acceptors (Lipinski definition) is 5. The van der Waals surface area contributed by atoms with Crippen LogP contribution in [0.25, 0.3) is 10.9 Å². The van der Waals surface area contributed by atoms with Crippen LogP contribution >= 0.6 is 0 Å². The zero-order valence-corrected chi connectivity index (χ0v) is 16.5. The average Bonchev–Trinajstić information content (AvgIpc) is 3.22. The Hall–Kier alpha value is -1.92. The Morgan fingerprint density at radius 3 is 2.50 bits per heavy atom. The van der Waals surface area contributed by atoms with Crippen molar-refractivity contribution in [2.24, 2.45) is 0 Å². The van der Waals surface area contributed by atoms with Crippen molar-refractivity contribution >= 4 is 16.6 Å². The molecule has 6 heteroatoms. The Kier molecular flexibility index (Phi) is 4.63. The molecule has 2 aromatic rings. The fraction of sp³-hybridized carbons (Fsp3) is 0.636. The maximum Gasteiger partial charge on any atom is 0.261 e. The van der Waals surface area contributed by atoms with Crippen molar-refractivity contribution in [3.63, 3.8) is 0 Å². The number of fused-ring (bicyclic) bond motifs is 1. The van der Waals surface area contributed by atoms with Gasteiger partial charge in [0.15, 0.2) is 0 Å². The molecule has 2 saturated carbocycles. The van der Waals surface area contributed by atoms with E-state index in [1.54, 1.807) is 6.33 Å².